The first kappa shape index (κ1) is 7.00. The normalized spacial score (nSPS) is 27.8. The fourth-order valence-electron chi connectivity index (χ4n) is 0.506. The van der Waals surface area contributed by atoms with Crippen molar-refractivity contribution in [3.63, 3.8) is 0 Å². The number of alkyl halides is 2. The Balaban J connectivity index is 2.33. The molecule has 1 rings (SSSR count). The first-order valence-electron chi connectivity index (χ1n) is 2.39. The number of rotatable bonds is 0. The Morgan fingerprint density at radius 1 is 1.50 bits per heavy atom. The van der Waals surface area contributed by atoms with Crippen LogP contribution in [0.3, 0.4) is 0 Å². The predicted octanol–water partition coefficient (Wildman–Crippen LogP) is 2.58. The lowest BCUT2D eigenvalue weighted by molar-refractivity contribution is 0.259. The van der Waals surface area contributed by atoms with Crippen molar-refractivity contribution in [3.8, 4) is 0 Å². The van der Waals surface area contributed by atoms with Crippen LogP contribution in [0.15, 0.2) is 0 Å². The van der Waals surface area contributed by atoms with Crippen LogP contribution in [0.25, 0.3) is 0 Å². The molecule has 0 amide bonds. The van der Waals surface area contributed by atoms with Crippen LogP contribution in [0.4, 0.5) is 0 Å². The lowest BCUT2D eigenvalue weighted by Crippen LogP contribution is -2.18. The quantitative estimate of drug-likeness (QED) is 0.411. The van der Waals surface area contributed by atoms with E-state index in [2.05, 4.69) is 0 Å². The van der Waals surface area contributed by atoms with Gasteiger partial charge in [-0.25, -0.2) is 0 Å². The Morgan fingerprint density at radius 2 is 2.25 bits per heavy atom. The van der Waals surface area contributed by atoms with Crippen molar-refractivity contribution in [2.75, 3.05) is 5.75 Å². The van der Waals surface area contributed by atoms with Crippen LogP contribution in [0.5, 0.6) is 0 Å². The average molecular weight is 173 g/mol. The molecule has 1 saturated heterocycles. The second-order valence-corrected chi connectivity index (χ2v) is 3.87. The van der Waals surface area contributed by atoms with Crippen molar-refractivity contribution >= 4 is 35.2 Å². The molecule has 0 aromatic heterocycles. The lowest BCUT2D eigenvalue weighted by Gasteiger charge is -2.22. The van der Waals surface area contributed by atoms with Gasteiger partial charge in [-0.3, -0.25) is 4.18 Å². The molecule has 0 atom stereocenters. The zero-order chi connectivity index (χ0) is 6.04. The van der Waals surface area contributed by atoms with E-state index in [0.717, 1.165) is 18.6 Å². The molecule has 0 bridgehead atoms. The fourth-order valence-corrected chi connectivity index (χ4v) is 1.64. The summed E-state index contributed by atoms with van der Waals surface area (Å²) >= 11 is 12.5. The highest BCUT2D eigenvalue weighted by Gasteiger charge is 2.28. The highest BCUT2D eigenvalue weighted by molar-refractivity contribution is 7.94. The Bertz CT molecular complexity index is 78.1. The van der Waals surface area contributed by atoms with Crippen LogP contribution >= 0.6 is 35.2 Å². The van der Waals surface area contributed by atoms with Gasteiger partial charge in [-0.15, -0.1) is 0 Å². The zero-order valence-electron chi connectivity index (χ0n) is 4.19. The first-order chi connectivity index (χ1) is 3.71. The van der Waals surface area contributed by atoms with E-state index in [9.17, 15) is 0 Å². The fraction of sp³-hybridized carbons (Fsp3) is 1.00. The van der Waals surface area contributed by atoms with E-state index in [1.165, 1.54) is 12.0 Å². The van der Waals surface area contributed by atoms with E-state index in [4.69, 9.17) is 27.4 Å². The first-order valence-corrected chi connectivity index (χ1v) is 4.06. The molecule has 0 N–H and O–H groups in total. The van der Waals surface area contributed by atoms with Crippen LogP contribution in [0, 0.1) is 0 Å². The minimum atomic E-state index is -0.914. The van der Waals surface area contributed by atoms with Crippen molar-refractivity contribution in [1.82, 2.24) is 0 Å². The number of hydrogen-bond donors (Lipinski definition) is 0. The van der Waals surface area contributed by atoms with Crippen LogP contribution in [-0.4, -0.2) is 10.3 Å². The number of halogens is 2. The molecule has 0 aliphatic carbocycles. The summed E-state index contributed by atoms with van der Waals surface area (Å²) in [5, 5.41) is 0. The van der Waals surface area contributed by atoms with Gasteiger partial charge < -0.3 is 0 Å². The van der Waals surface area contributed by atoms with Gasteiger partial charge in [0.1, 0.15) is 0 Å². The van der Waals surface area contributed by atoms with E-state index in [-0.39, 0.29) is 0 Å². The van der Waals surface area contributed by atoms with Gasteiger partial charge in [0, 0.05) is 12.2 Å². The van der Waals surface area contributed by atoms with Crippen molar-refractivity contribution < 1.29 is 4.18 Å². The Morgan fingerprint density at radius 3 is 2.50 bits per heavy atom. The second-order valence-electron chi connectivity index (χ2n) is 1.65. The maximum Gasteiger partial charge on any atom is 0.229 e. The molecule has 0 unspecified atom stereocenters. The summed E-state index contributed by atoms with van der Waals surface area (Å²) in [6.07, 6.45) is 1.78. The molecule has 1 fully saturated rings. The maximum atomic E-state index is 5.59. The molecule has 4 heteroatoms. The Hall–Kier alpha value is 0.890. The third-order valence-electron chi connectivity index (χ3n) is 0.876. The van der Waals surface area contributed by atoms with Gasteiger partial charge in [-0.2, -0.15) is 0 Å². The van der Waals surface area contributed by atoms with Gasteiger partial charge in [0.25, 0.3) is 0 Å². The van der Waals surface area contributed by atoms with E-state index < -0.39 is 4.52 Å². The SMILES string of the molecule is ClC1(Cl)CCCSO1. The molecule has 1 heterocycles. The lowest BCUT2D eigenvalue weighted by atomic mass is 10.3. The maximum absolute atomic E-state index is 5.59. The highest BCUT2D eigenvalue weighted by atomic mass is 35.5. The van der Waals surface area contributed by atoms with E-state index in [0.29, 0.717) is 0 Å². The molecule has 0 spiro atoms. The summed E-state index contributed by atoms with van der Waals surface area (Å²) < 4.78 is 4.00. The smallest absolute Gasteiger partial charge is 0.229 e. The average Bonchev–Trinajstić information content (AvgIpc) is 1.65. The standard InChI is InChI=1S/C4H6Cl2OS/c5-4(6)2-1-3-8-7-4/h1-3H2. The summed E-state index contributed by atoms with van der Waals surface area (Å²) in [4.78, 5) is 0. The van der Waals surface area contributed by atoms with Gasteiger partial charge in [0.2, 0.25) is 4.52 Å². The molecule has 1 nitrogen and oxygen atoms in total. The molecule has 48 valence electrons. The van der Waals surface area contributed by atoms with Crippen LogP contribution in [0.2, 0.25) is 0 Å². The summed E-state index contributed by atoms with van der Waals surface area (Å²) in [5.74, 6) is 1.00. The molecule has 0 aromatic carbocycles. The topological polar surface area (TPSA) is 9.23 Å². The van der Waals surface area contributed by atoms with Crippen molar-refractivity contribution in [2.45, 2.75) is 17.4 Å². The second kappa shape index (κ2) is 2.65. The molecule has 0 aromatic rings. The number of hydrogen-bond acceptors (Lipinski definition) is 2. The summed E-state index contributed by atoms with van der Waals surface area (Å²) in [6.45, 7) is 0. The highest BCUT2D eigenvalue weighted by Crippen LogP contribution is 2.37. The molecule has 1 aliphatic rings. The molecule has 0 radical (unpaired) electrons. The largest absolute Gasteiger partial charge is 0.277 e. The molecule has 1 aliphatic heterocycles. The molecule has 8 heavy (non-hydrogen) atoms. The Kier molecular flexibility index (Phi) is 2.32. The molecular formula is C4H6Cl2OS. The van der Waals surface area contributed by atoms with E-state index in [1.54, 1.807) is 0 Å². The minimum Gasteiger partial charge on any atom is -0.277 e. The van der Waals surface area contributed by atoms with Gasteiger partial charge in [-0.05, 0) is 18.5 Å². The molecular weight excluding hydrogens is 167 g/mol. The van der Waals surface area contributed by atoms with E-state index in [1.807, 2.05) is 0 Å². The molecule has 0 saturated carbocycles. The van der Waals surface area contributed by atoms with Gasteiger partial charge in [0.15, 0.2) is 0 Å². The summed E-state index contributed by atoms with van der Waals surface area (Å²) in [5.41, 5.74) is 0. The van der Waals surface area contributed by atoms with E-state index >= 15 is 0 Å². The van der Waals surface area contributed by atoms with Crippen LogP contribution < -0.4 is 0 Å². The predicted molar refractivity (Wildman–Crippen MR) is 37.2 cm³/mol. The minimum absolute atomic E-state index is 0.739. The van der Waals surface area contributed by atoms with Crippen LogP contribution in [0.1, 0.15) is 12.8 Å². The summed E-state index contributed by atoms with van der Waals surface area (Å²) in [6, 6.07) is 0. The van der Waals surface area contributed by atoms with Gasteiger partial charge in [0.05, 0.1) is 0 Å². The van der Waals surface area contributed by atoms with Crippen molar-refractivity contribution in [1.29, 1.82) is 0 Å². The third-order valence-corrected chi connectivity index (χ3v) is 2.45. The van der Waals surface area contributed by atoms with Crippen molar-refractivity contribution in [2.24, 2.45) is 0 Å². The monoisotopic (exact) mass is 172 g/mol. The van der Waals surface area contributed by atoms with Gasteiger partial charge >= 0.3 is 0 Å². The zero-order valence-corrected chi connectivity index (χ0v) is 6.52. The Labute approximate surface area is 62.9 Å². The van der Waals surface area contributed by atoms with Crippen LogP contribution in [-0.2, 0) is 4.18 Å². The van der Waals surface area contributed by atoms with Crippen molar-refractivity contribution in [3.05, 3.63) is 0 Å². The third kappa shape index (κ3) is 2.02. The van der Waals surface area contributed by atoms with Gasteiger partial charge in [-0.1, -0.05) is 23.2 Å². The summed E-state index contributed by atoms with van der Waals surface area (Å²) in [7, 11) is 0.